The summed E-state index contributed by atoms with van der Waals surface area (Å²) in [5, 5.41) is 4.35. The van der Waals surface area contributed by atoms with Crippen molar-refractivity contribution in [3.05, 3.63) is 16.9 Å². The molecule has 4 heteroatoms. The monoisotopic (exact) mass is 207 g/mol. The molecule has 0 amide bonds. The van der Waals surface area contributed by atoms with Crippen LogP contribution in [0, 0.1) is 0 Å². The summed E-state index contributed by atoms with van der Waals surface area (Å²) in [7, 11) is 0. The summed E-state index contributed by atoms with van der Waals surface area (Å²) in [5.41, 5.74) is 4.50. The molecule has 2 aromatic rings. The molecule has 0 aliphatic heterocycles. The second-order valence-corrected chi connectivity index (χ2v) is 5.01. The minimum absolute atomic E-state index is 0.607. The zero-order chi connectivity index (χ0) is 9.71. The van der Waals surface area contributed by atoms with Gasteiger partial charge in [-0.1, -0.05) is 25.2 Å². The topological polar surface area (TPSA) is 30.2 Å². The van der Waals surface area contributed by atoms with Crippen LogP contribution >= 0.6 is 11.3 Å². The number of hydrogen-bond donors (Lipinski definition) is 0. The minimum atomic E-state index is 0.607. The van der Waals surface area contributed by atoms with Crippen LogP contribution in [0.25, 0.3) is 4.96 Å². The normalized spacial score (nSPS) is 26.7. The lowest BCUT2D eigenvalue weighted by Gasteiger charge is -2.22. The van der Waals surface area contributed by atoms with Gasteiger partial charge in [-0.05, 0) is 12.8 Å². The van der Waals surface area contributed by atoms with Crippen molar-refractivity contribution in [1.82, 2.24) is 14.6 Å². The summed E-state index contributed by atoms with van der Waals surface area (Å²) in [6, 6.07) is 0. The lowest BCUT2D eigenvalue weighted by Crippen LogP contribution is -2.12. The zero-order valence-corrected chi connectivity index (χ0v) is 9.21. The highest BCUT2D eigenvalue weighted by Gasteiger charge is 2.28. The van der Waals surface area contributed by atoms with E-state index in [4.69, 9.17) is 0 Å². The van der Waals surface area contributed by atoms with Crippen molar-refractivity contribution in [1.29, 1.82) is 0 Å². The average molecular weight is 207 g/mol. The van der Waals surface area contributed by atoms with E-state index in [0.29, 0.717) is 11.8 Å². The van der Waals surface area contributed by atoms with Crippen LogP contribution < -0.4 is 0 Å². The molecule has 0 saturated carbocycles. The Kier molecular flexibility index (Phi) is 1.68. The van der Waals surface area contributed by atoms with E-state index < -0.39 is 0 Å². The minimum Gasteiger partial charge on any atom is -0.222 e. The average Bonchev–Trinajstić information content (AvgIpc) is 2.70. The maximum atomic E-state index is 4.66. The molecule has 0 fully saturated rings. The molecule has 0 bridgehead atoms. The zero-order valence-electron chi connectivity index (χ0n) is 8.40. The summed E-state index contributed by atoms with van der Waals surface area (Å²) >= 11 is 1.63. The second kappa shape index (κ2) is 2.79. The van der Waals surface area contributed by atoms with Crippen LogP contribution in [0.1, 0.15) is 49.9 Å². The number of fused-ring (bicyclic) bond motifs is 3. The molecule has 0 aromatic carbocycles. The maximum Gasteiger partial charge on any atom is 0.212 e. The highest BCUT2D eigenvalue weighted by atomic mass is 32.1. The first-order valence-corrected chi connectivity index (χ1v) is 5.97. The summed E-state index contributed by atoms with van der Waals surface area (Å²) in [4.78, 5) is 5.72. The van der Waals surface area contributed by atoms with E-state index in [9.17, 15) is 0 Å². The van der Waals surface area contributed by atoms with Crippen LogP contribution in [-0.2, 0) is 0 Å². The second-order valence-electron chi connectivity index (χ2n) is 4.19. The van der Waals surface area contributed by atoms with Crippen molar-refractivity contribution in [2.45, 2.75) is 38.5 Å². The quantitative estimate of drug-likeness (QED) is 0.665. The molecule has 3 nitrogen and oxygen atoms in total. The van der Waals surface area contributed by atoms with Crippen molar-refractivity contribution in [2.75, 3.05) is 0 Å². The van der Waals surface area contributed by atoms with Gasteiger partial charge in [-0.25, -0.2) is 9.50 Å². The van der Waals surface area contributed by atoms with Gasteiger partial charge in [0.2, 0.25) is 4.96 Å². The number of rotatable bonds is 0. The lowest BCUT2D eigenvalue weighted by molar-refractivity contribution is 0.503. The summed E-state index contributed by atoms with van der Waals surface area (Å²) in [5.74, 6) is 1.22. The molecule has 0 N–H and O–H groups in total. The van der Waals surface area contributed by atoms with Crippen LogP contribution in [0.15, 0.2) is 5.51 Å². The largest absolute Gasteiger partial charge is 0.222 e. The van der Waals surface area contributed by atoms with Crippen molar-refractivity contribution in [3.63, 3.8) is 0 Å². The van der Waals surface area contributed by atoms with Gasteiger partial charge < -0.3 is 0 Å². The molecule has 2 aromatic heterocycles. The molecule has 3 rings (SSSR count). The highest BCUT2D eigenvalue weighted by molar-refractivity contribution is 7.14. The van der Waals surface area contributed by atoms with Crippen LogP contribution in [0.2, 0.25) is 0 Å². The number of imidazole rings is 1. The first-order valence-electron chi connectivity index (χ1n) is 5.09. The van der Waals surface area contributed by atoms with Crippen molar-refractivity contribution in [3.8, 4) is 0 Å². The standard InChI is InChI=1S/C10H13N3S/c1-6-3-4-7(2)9-8(6)12-10-13(9)11-5-14-10/h5-7H,3-4H2,1-2H3. The number of nitrogens with zero attached hydrogens (tertiary/aromatic N) is 3. The Hall–Kier alpha value is -0.900. The van der Waals surface area contributed by atoms with Crippen LogP contribution in [-0.4, -0.2) is 14.6 Å². The van der Waals surface area contributed by atoms with E-state index in [1.165, 1.54) is 24.2 Å². The molecule has 14 heavy (non-hydrogen) atoms. The number of hydrogen-bond acceptors (Lipinski definition) is 3. The van der Waals surface area contributed by atoms with Gasteiger partial charge in [-0.2, -0.15) is 5.10 Å². The van der Waals surface area contributed by atoms with Gasteiger partial charge in [0.05, 0.1) is 11.4 Å². The number of aromatic nitrogens is 3. The van der Waals surface area contributed by atoms with Gasteiger partial charge in [0.1, 0.15) is 5.51 Å². The fraction of sp³-hybridized carbons (Fsp3) is 0.600. The van der Waals surface area contributed by atoms with Crippen LogP contribution in [0.3, 0.4) is 0 Å². The third kappa shape index (κ3) is 0.974. The third-order valence-corrected chi connectivity index (χ3v) is 3.85. The molecule has 1 aliphatic rings. The van der Waals surface area contributed by atoms with Crippen molar-refractivity contribution in [2.24, 2.45) is 0 Å². The van der Waals surface area contributed by atoms with E-state index in [1.54, 1.807) is 11.3 Å². The molecule has 0 saturated heterocycles. The SMILES string of the molecule is CC1CCC(C)c2c1nc1scnn21. The molecule has 2 unspecified atom stereocenters. The Bertz CT molecular complexity index is 471. The van der Waals surface area contributed by atoms with E-state index in [0.717, 1.165) is 4.96 Å². The Morgan fingerprint density at radius 3 is 3.00 bits per heavy atom. The summed E-state index contributed by atoms with van der Waals surface area (Å²) < 4.78 is 2.03. The Morgan fingerprint density at radius 2 is 2.14 bits per heavy atom. The van der Waals surface area contributed by atoms with Crippen LogP contribution in [0.4, 0.5) is 0 Å². The van der Waals surface area contributed by atoms with Crippen LogP contribution in [0.5, 0.6) is 0 Å². The summed E-state index contributed by atoms with van der Waals surface area (Å²) in [6.07, 6.45) is 2.53. The molecular formula is C10H13N3S. The van der Waals surface area contributed by atoms with Gasteiger partial charge in [0, 0.05) is 11.8 Å². The van der Waals surface area contributed by atoms with Gasteiger partial charge in [0.15, 0.2) is 0 Å². The lowest BCUT2D eigenvalue weighted by atomic mass is 9.85. The Morgan fingerprint density at radius 1 is 1.36 bits per heavy atom. The van der Waals surface area contributed by atoms with Crippen molar-refractivity contribution < 1.29 is 0 Å². The first kappa shape index (κ1) is 8.41. The Balaban J connectivity index is 2.32. The van der Waals surface area contributed by atoms with Gasteiger partial charge in [0.25, 0.3) is 0 Å². The molecule has 2 atom stereocenters. The fourth-order valence-corrected chi connectivity index (χ4v) is 2.95. The van der Waals surface area contributed by atoms with E-state index in [1.807, 2.05) is 10.0 Å². The van der Waals surface area contributed by atoms with Gasteiger partial charge >= 0.3 is 0 Å². The van der Waals surface area contributed by atoms with Gasteiger partial charge in [-0.3, -0.25) is 0 Å². The Labute approximate surface area is 86.8 Å². The smallest absolute Gasteiger partial charge is 0.212 e. The molecule has 1 aliphatic carbocycles. The predicted octanol–water partition coefficient (Wildman–Crippen LogP) is 2.79. The summed E-state index contributed by atoms with van der Waals surface area (Å²) in [6.45, 7) is 4.54. The van der Waals surface area contributed by atoms with E-state index >= 15 is 0 Å². The predicted molar refractivity (Wildman–Crippen MR) is 56.9 cm³/mol. The van der Waals surface area contributed by atoms with E-state index in [-0.39, 0.29) is 0 Å². The van der Waals surface area contributed by atoms with E-state index in [2.05, 4.69) is 23.9 Å². The maximum absolute atomic E-state index is 4.66. The molecular weight excluding hydrogens is 194 g/mol. The highest BCUT2D eigenvalue weighted by Crippen LogP contribution is 2.38. The molecule has 2 heterocycles. The molecule has 74 valence electrons. The third-order valence-electron chi connectivity index (χ3n) is 3.17. The molecule has 0 radical (unpaired) electrons. The fourth-order valence-electron chi connectivity index (χ4n) is 2.32. The van der Waals surface area contributed by atoms with Gasteiger partial charge in [-0.15, -0.1) is 0 Å². The molecule has 0 spiro atoms. The first-order chi connectivity index (χ1) is 6.77. The van der Waals surface area contributed by atoms with Crippen molar-refractivity contribution >= 4 is 16.3 Å².